The zero-order chi connectivity index (χ0) is 17.7. The zero-order valence-electron chi connectivity index (χ0n) is 15.3. The van der Waals surface area contributed by atoms with Gasteiger partial charge in [-0.05, 0) is 43.3 Å². The van der Waals surface area contributed by atoms with E-state index in [1.54, 1.807) is 0 Å². The maximum absolute atomic E-state index is 12.4. The predicted octanol–water partition coefficient (Wildman–Crippen LogP) is 2.17. The van der Waals surface area contributed by atoms with Crippen molar-refractivity contribution >= 4 is 23.3 Å². The molecule has 2 aliphatic carbocycles. The van der Waals surface area contributed by atoms with Crippen LogP contribution < -0.4 is 0 Å². The van der Waals surface area contributed by atoms with Gasteiger partial charge in [0.2, 0.25) is 0 Å². The molecule has 140 valence electrons. The van der Waals surface area contributed by atoms with Gasteiger partial charge in [0, 0.05) is 13.1 Å². The molecule has 0 spiro atoms. The van der Waals surface area contributed by atoms with Gasteiger partial charge in [-0.2, -0.15) is 0 Å². The smallest absolute Gasteiger partial charge is 0.311 e. The highest BCUT2D eigenvalue weighted by Crippen LogP contribution is 2.45. The van der Waals surface area contributed by atoms with Crippen LogP contribution in [0.5, 0.6) is 0 Å². The predicted molar refractivity (Wildman–Crippen MR) is 99.0 cm³/mol. The number of thiocarbonyl (C=S) groups is 1. The van der Waals surface area contributed by atoms with Crippen molar-refractivity contribution in [1.82, 2.24) is 9.80 Å². The molecule has 0 aromatic rings. The second-order valence-electron chi connectivity index (χ2n) is 8.78. The minimum atomic E-state index is -0.556. The van der Waals surface area contributed by atoms with Crippen LogP contribution in [0.3, 0.4) is 0 Å². The zero-order valence-corrected chi connectivity index (χ0v) is 16.1. The molecule has 5 fully saturated rings. The van der Waals surface area contributed by atoms with Crippen molar-refractivity contribution in [1.29, 1.82) is 0 Å². The number of rotatable bonds is 4. The van der Waals surface area contributed by atoms with E-state index in [1.165, 1.54) is 32.1 Å². The highest BCUT2D eigenvalue weighted by molar-refractivity contribution is 7.80. The van der Waals surface area contributed by atoms with Crippen molar-refractivity contribution in [3.63, 3.8) is 0 Å². The van der Waals surface area contributed by atoms with E-state index in [9.17, 15) is 9.90 Å². The summed E-state index contributed by atoms with van der Waals surface area (Å²) in [5.74, 6) is 0.750. The number of hydrogen-bond donors (Lipinski definition) is 1. The first-order chi connectivity index (χ1) is 12.0. The van der Waals surface area contributed by atoms with Gasteiger partial charge in [0.25, 0.3) is 0 Å². The Morgan fingerprint density at radius 1 is 1.20 bits per heavy atom. The maximum Gasteiger partial charge on any atom is 0.311 e. The van der Waals surface area contributed by atoms with Gasteiger partial charge in [0.15, 0.2) is 5.11 Å². The second-order valence-corrected chi connectivity index (χ2v) is 9.14. The average Bonchev–Trinajstić information content (AvgIpc) is 2.84. The van der Waals surface area contributed by atoms with E-state index in [-0.39, 0.29) is 24.0 Å². The van der Waals surface area contributed by atoms with E-state index >= 15 is 0 Å². The van der Waals surface area contributed by atoms with Crippen molar-refractivity contribution in [2.24, 2.45) is 17.8 Å². The van der Waals surface area contributed by atoms with Crippen molar-refractivity contribution in [2.75, 3.05) is 13.1 Å². The molecule has 1 N–H and O–H groups in total. The lowest BCUT2D eigenvalue weighted by atomic mass is 9.74. The molecule has 0 aromatic heterocycles. The molecular weight excluding hydrogens is 336 g/mol. The van der Waals surface area contributed by atoms with Crippen LogP contribution >= 0.6 is 12.2 Å². The topological polar surface area (TPSA) is 53.0 Å². The van der Waals surface area contributed by atoms with Gasteiger partial charge in [-0.15, -0.1) is 0 Å². The quantitative estimate of drug-likeness (QED) is 0.608. The summed E-state index contributed by atoms with van der Waals surface area (Å²) in [4.78, 5) is 16.9. The highest BCUT2D eigenvalue weighted by Gasteiger charge is 2.62. The lowest BCUT2D eigenvalue weighted by Gasteiger charge is -2.49. The highest BCUT2D eigenvalue weighted by atomic mass is 32.1. The fourth-order valence-electron chi connectivity index (χ4n) is 5.42. The van der Waals surface area contributed by atoms with E-state index in [0.717, 1.165) is 18.2 Å². The summed E-state index contributed by atoms with van der Waals surface area (Å²) >= 11 is 5.88. The number of nitrogens with zero attached hydrogens (tertiary/aromatic N) is 2. The molecule has 6 heteroatoms. The monoisotopic (exact) mass is 366 g/mol. The molecule has 0 radical (unpaired) electrons. The number of fused-ring (bicyclic) bond motifs is 2. The van der Waals surface area contributed by atoms with E-state index < -0.39 is 12.2 Å². The van der Waals surface area contributed by atoms with Crippen LogP contribution in [-0.2, 0) is 9.53 Å². The minimum Gasteiger partial charge on any atom is -0.457 e. The average molecular weight is 367 g/mol. The van der Waals surface area contributed by atoms with Gasteiger partial charge in [-0.1, -0.05) is 33.1 Å². The van der Waals surface area contributed by atoms with Crippen LogP contribution in [0.25, 0.3) is 0 Å². The Hall–Kier alpha value is -0.880. The molecule has 25 heavy (non-hydrogen) atoms. The summed E-state index contributed by atoms with van der Waals surface area (Å²) in [6, 6.07) is 0.104. The van der Waals surface area contributed by atoms with E-state index in [0.29, 0.717) is 18.3 Å². The third-order valence-corrected chi connectivity index (χ3v) is 6.95. The number of ether oxygens (including phenoxy) is 1. The van der Waals surface area contributed by atoms with E-state index in [1.807, 2.05) is 0 Å². The van der Waals surface area contributed by atoms with Gasteiger partial charge in [0.05, 0.1) is 24.1 Å². The summed E-state index contributed by atoms with van der Waals surface area (Å²) in [6.07, 6.45) is 6.00. The SMILES string of the molecule is CC(C)CN1C(=S)N(CC2CCCCC2)[C@H]2[C@H]3OC(=O)[C@H](C[C@H]3O)[C@H]21. The Kier molecular flexibility index (Phi) is 4.69. The molecule has 5 nitrogen and oxygen atoms in total. The van der Waals surface area contributed by atoms with Crippen molar-refractivity contribution in [2.45, 2.75) is 76.7 Å². The molecule has 5 aliphatic rings. The standard InChI is InChI=1S/C19H30N2O3S/c1-11(2)9-20-15-13-8-14(22)17(24-18(13)23)16(15)21(19(20)25)10-12-6-4-3-5-7-12/h11-17,22H,3-10H2,1-2H3/t13-,14-,15-,16-,17+/m1/s1. The fraction of sp³-hybridized carbons (Fsp3) is 0.895. The van der Waals surface area contributed by atoms with E-state index in [2.05, 4.69) is 23.6 Å². The fourth-order valence-corrected chi connectivity index (χ4v) is 5.82. The van der Waals surface area contributed by atoms with Crippen molar-refractivity contribution in [3.05, 3.63) is 0 Å². The molecule has 3 heterocycles. The van der Waals surface area contributed by atoms with Crippen LogP contribution in [0.2, 0.25) is 0 Å². The molecular formula is C19H30N2O3S. The number of carbonyl (C=O) groups is 1. The third kappa shape index (κ3) is 2.95. The first-order valence-electron chi connectivity index (χ1n) is 9.93. The van der Waals surface area contributed by atoms with Gasteiger partial charge >= 0.3 is 5.97 Å². The van der Waals surface area contributed by atoms with Crippen LogP contribution in [0.4, 0.5) is 0 Å². The normalized spacial score (nSPS) is 38.5. The largest absolute Gasteiger partial charge is 0.457 e. The molecule has 0 unspecified atom stereocenters. The first-order valence-corrected chi connectivity index (χ1v) is 10.3. The van der Waals surface area contributed by atoms with Gasteiger partial charge in [-0.25, -0.2) is 0 Å². The van der Waals surface area contributed by atoms with Gasteiger partial charge in [-0.3, -0.25) is 4.79 Å². The Bertz CT molecular complexity index is 549. The summed E-state index contributed by atoms with van der Waals surface area (Å²) in [6.45, 7) is 6.20. The van der Waals surface area contributed by atoms with Crippen molar-refractivity contribution in [3.8, 4) is 0 Å². The van der Waals surface area contributed by atoms with Crippen LogP contribution in [0, 0.1) is 17.8 Å². The molecule has 2 saturated carbocycles. The number of hydrogen-bond acceptors (Lipinski definition) is 4. The molecule has 5 rings (SSSR count). The molecule has 3 aliphatic heterocycles. The number of aliphatic hydroxyl groups is 1. The van der Waals surface area contributed by atoms with Crippen LogP contribution in [-0.4, -0.2) is 63.4 Å². The Morgan fingerprint density at radius 3 is 2.60 bits per heavy atom. The Balaban J connectivity index is 1.62. The lowest BCUT2D eigenvalue weighted by molar-refractivity contribution is -0.199. The molecule has 5 atom stereocenters. The number of esters is 1. The summed E-state index contributed by atoms with van der Waals surface area (Å²) in [7, 11) is 0. The second kappa shape index (κ2) is 6.69. The maximum atomic E-state index is 12.4. The molecule has 0 amide bonds. The van der Waals surface area contributed by atoms with Crippen molar-refractivity contribution < 1.29 is 14.6 Å². The third-order valence-electron chi connectivity index (χ3n) is 6.48. The molecule has 0 aromatic carbocycles. The van der Waals surface area contributed by atoms with E-state index in [4.69, 9.17) is 17.0 Å². The van der Waals surface area contributed by atoms with Gasteiger partial charge in [0.1, 0.15) is 6.10 Å². The molecule has 2 bridgehead atoms. The Morgan fingerprint density at radius 2 is 1.92 bits per heavy atom. The number of aliphatic hydroxyl groups excluding tert-OH is 1. The summed E-state index contributed by atoms with van der Waals surface area (Å²) < 4.78 is 5.62. The first kappa shape index (κ1) is 17.5. The summed E-state index contributed by atoms with van der Waals surface area (Å²) in [5, 5.41) is 11.3. The van der Waals surface area contributed by atoms with Crippen LogP contribution in [0.1, 0.15) is 52.4 Å². The Labute approximate surface area is 155 Å². The summed E-state index contributed by atoms with van der Waals surface area (Å²) in [5.41, 5.74) is 0. The minimum absolute atomic E-state index is 0.0274. The van der Waals surface area contributed by atoms with Gasteiger partial charge < -0.3 is 19.6 Å². The molecule has 3 saturated heterocycles. The lowest BCUT2D eigenvalue weighted by Crippen LogP contribution is -2.66. The number of carbonyl (C=O) groups excluding carboxylic acids is 1. The van der Waals surface area contributed by atoms with Crippen LogP contribution in [0.15, 0.2) is 0 Å².